The van der Waals surface area contributed by atoms with Crippen molar-refractivity contribution < 1.29 is 12.8 Å². The second-order valence-corrected chi connectivity index (χ2v) is 6.42. The molecule has 1 aromatic rings. The lowest BCUT2D eigenvalue weighted by Gasteiger charge is -2.03. The molecule has 0 unspecified atom stereocenters. The van der Waals surface area contributed by atoms with E-state index >= 15 is 0 Å². The van der Waals surface area contributed by atoms with Gasteiger partial charge < -0.3 is 0 Å². The summed E-state index contributed by atoms with van der Waals surface area (Å²) in [4.78, 5) is 0.202. The maximum Gasteiger partial charge on any atom is 0.178 e. The number of rotatable bonds is 6. The van der Waals surface area contributed by atoms with Crippen molar-refractivity contribution in [3.05, 3.63) is 30.1 Å². The van der Waals surface area contributed by atoms with Crippen molar-refractivity contribution >= 4 is 25.8 Å². The van der Waals surface area contributed by atoms with E-state index in [2.05, 4.69) is 15.9 Å². The van der Waals surface area contributed by atoms with Gasteiger partial charge in [-0.1, -0.05) is 22.4 Å². The SMILES string of the molecule is O=S(=O)(CCCCCBr)c1ccc(F)cc1. The number of hydrogen-bond acceptors (Lipinski definition) is 2. The first kappa shape index (κ1) is 13.6. The van der Waals surface area contributed by atoms with Crippen LogP contribution in [-0.4, -0.2) is 19.5 Å². The highest BCUT2D eigenvalue weighted by atomic mass is 79.9. The molecule has 0 saturated carbocycles. The lowest BCUT2D eigenvalue weighted by atomic mass is 10.3. The summed E-state index contributed by atoms with van der Waals surface area (Å²) >= 11 is 3.29. The molecule has 0 aliphatic heterocycles. The highest BCUT2D eigenvalue weighted by Gasteiger charge is 2.13. The van der Waals surface area contributed by atoms with Crippen LogP contribution in [0, 0.1) is 5.82 Å². The average Bonchev–Trinajstić information content (AvgIpc) is 2.25. The normalized spacial score (nSPS) is 11.6. The van der Waals surface area contributed by atoms with E-state index in [0.29, 0.717) is 6.42 Å². The summed E-state index contributed by atoms with van der Waals surface area (Å²) < 4.78 is 36.2. The first-order valence-corrected chi connectivity index (χ1v) is 7.88. The van der Waals surface area contributed by atoms with E-state index < -0.39 is 15.7 Å². The van der Waals surface area contributed by atoms with Crippen LogP contribution in [0.2, 0.25) is 0 Å². The Bertz CT molecular complexity index is 414. The van der Waals surface area contributed by atoms with Crippen LogP contribution in [0.4, 0.5) is 4.39 Å². The summed E-state index contributed by atoms with van der Waals surface area (Å²) in [6, 6.07) is 4.97. The molecule has 0 radical (unpaired) electrons. The minimum absolute atomic E-state index is 0.131. The molecule has 0 N–H and O–H groups in total. The summed E-state index contributed by atoms with van der Waals surface area (Å²) in [5, 5.41) is 0.892. The van der Waals surface area contributed by atoms with Gasteiger partial charge in [-0.3, -0.25) is 0 Å². The second kappa shape index (κ2) is 6.35. The number of alkyl halides is 1. The Kier molecular flexibility index (Phi) is 5.41. The molecule has 90 valence electrons. The van der Waals surface area contributed by atoms with Crippen molar-refractivity contribution in [1.82, 2.24) is 0 Å². The second-order valence-electron chi connectivity index (χ2n) is 3.52. The summed E-state index contributed by atoms with van der Waals surface area (Å²) in [5.74, 6) is -0.288. The smallest absolute Gasteiger partial charge is 0.178 e. The third-order valence-electron chi connectivity index (χ3n) is 2.22. The van der Waals surface area contributed by atoms with Crippen molar-refractivity contribution in [1.29, 1.82) is 0 Å². The Hall–Kier alpha value is -0.420. The van der Waals surface area contributed by atoms with E-state index in [0.717, 1.165) is 18.2 Å². The molecular weight excluding hydrogens is 295 g/mol. The number of halogens is 2. The fraction of sp³-hybridized carbons (Fsp3) is 0.455. The molecule has 5 heteroatoms. The third kappa shape index (κ3) is 4.22. The van der Waals surface area contributed by atoms with E-state index in [1.807, 2.05) is 0 Å². The van der Waals surface area contributed by atoms with Gasteiger partial charge in [-0.05, 0) is 37.1 Å². The zero-order valence-corrected chi connectivity index (χ0v) is 11.2. The maximum absolute atomic E-state index is 12.6. The van der Waals surface area contributed by atoms with Crippen LogP contribution in [0.3, 0.4) is 0 Å². The third-order valence-corrected chi connectivity index (χ3v) is 4.60. The van der Waals surface area contributed by atoms with Crippen LogP contribution in [0.5, 0.6) is 0 Å². The molecule has 0 fully saturated rings. The Labute approximate surface area is 104 Å². The monoisotopic (exact) mass is 308 g/mol. The summed E-state index contributed by atoms with van der Waals surface area (Å²) in [6.45, 7) is 0. The molecular formula is C11H14BrFO2S. The van der Waals surface area contributed by atoms with Gasteiger partial charge in [-0.2, -0.15) is 0 Å². The number of hydrogen-bond donors (Lipinski definition) is 0. The zero-order chi connectivity index (χ0) is 12.0. The standard InChI is InChI=1S/C11H14BrFO2S/c12-8-2-1-3-9-16(14,15)11-6-4-10(13)5-7-11/h4-7H,1-3,8-9H2. The van der Waals surface area contributed by atoms with E-state index in [9.17, 15) is 12.8 Å². The van der Waals surface area contributed by atoms with Crippen LogP contribution in [0.25, 0.3) is 0 Å². The van der Waals surface area contributed by atoms with Gasteiger partial charge in [0.05, 0.1) is 10.6 Å². The van der Waals surface area contributed by atoms with Crippen molar-refractivity contribution in [2.75, 3.05) is 11.1 Å². The number of sulfone groups is 1. The quantitative estimate of drug-likeness (QED) is 0.459. The molecule has 0 bridgehead atoms. The van der Waals surface area contributed by atoms with Gasteiger partial charge in [0, 0.05) is 5.33 Å². The summed E-state index contributed by atoms with van der Waals surface area (Å²) in [6.07, 6.45) is 2.50. The van der Waals surface area contributed by atoms with Crippen LogP contribution in [-0.2, 0) is 9.84 Å². The fourth-order valence-corrected chi connectivity index (χ4v) is 3.09. The van der Waals surface area contributed by atoms with Gasteiger partial charge >= 0.3 is 0 Å². The Balaban J connectivity index is 2.60. The molecule has 0 saturated heterocycles. The maximum atomic E-state index is 12.6. The molecule has 2 nitrogen and oxygen atoms in total. The van der Waals surface area contributed by atoms with E-state index in [-0.39, 0.29) is 10.6 Å². The summed E-state index contributed by atoms with van der Waals surface area (Å²) in [5.41, 5.74) is 0. The van der Waals surface area contributed by atoms with Gasteiger partial charge in [0.1, 0.15) is 5.82 Å². The van der Waals surface area contributed by atoms with Gasteiger partial charge in [0.25, 0.3) is 0 Å². The van der Waals surface area contributed by atoms with Crippen LogP contribution in [0.15, 0.2) is 29.2 Å². The predicted molar refractivity (Wildman–Crippen MR) is 66.1 cm³/mol. The molecule has 1 rings (SSSR count). The predicted octanol–water partition coefficient (Wildman–Crippen LogP) is 3.16. The van der Waals surface area contributed by atoms with Crippen LogP contribution in [0.1, 0.15) is 19.3 Å². The van der Waals surface area contributed by atoms with Gasteiger partial charge in [0.15, 0.2) is 9.84 Å². The van der Waals surface area contributed by atoms with Crippen molar-refractivity contribution in [3.8, 4) is 0 Å². The Morgan fingerprint density at radius 1 is 1.06 bits per heavy atom. The summed E-state index contributed by atoms with van der Waals surface area (Å²) in [7, 11) is -3.24. The Morgan fingerprint density at radius 3 is 2.25 bits per heavy atom. The topological polar surface area (TPSA) is 34.1 Å². The highest BCUT2D eigenvalue weighted by molar-refractivity contribution is 9.09. The minimum atomic E-state index is -3.24. The molecule has 0 aromatic heterocycles. The lowest BCUT2D eigenvalue weighted by molar-refractivity contribution is 0.590. The average molecular weight is 309 g/mol. The molecule has 0 amide bonds. The minimum Gasteiger partial charge on any atom is -0.224 e. The van der Waals surface area contributed by atoms with Crippen molar-refractivity contribution in [3.63, 3.8) is 0 Å². The highest BCUT2D eigenvalue weighted by Crippen LogP contribution is 2.14. The fourth-order valence-electron chi connectivity index (χ4n) is 1.32. The van der Waals surface area contributed by atoms with E-state index in [4.69, 9.17) is 0 Å². The first-order chi connectivity index (χ1) is 7.56. The molecule has 0 spiro atoms. The van der Waals surface area contributed by atoms with Gasteiger partial charge in [0.2, 0.25) is 0 Å². The number of benzene rings is 1. The van der Waals surface area contributed by atoms with Crippen LogP contribution < -0.4 is 0 Å². The van der Waals surface area contributed by atoms with Crippen LogP contribution >= 0.6 is 15.9 Å². The van der Waals surface area contributed by atoms with E-state index in [1.165, 1.54) is 24.3 Å². The van der Waals surface area contributed by atoms with Crippen molar-refractivity contribution in [2.45, 2.75) is 24.2 Å². The molecule has 1 aromatic carbocycles. The molecule has 16 heavy (non-hydrogen) atoms. The molecule has 0 aliphatic carbocycles. The number of unbranched alkanes of at least 4 members (excludes halogenated alkanes) is 2. The van der Waals surface area contributed by atoms with Gasteiger partial charge in [-0.15, -0.1) is 0 Å². The molecule has 0 aliphatic rings. The van der Waals surface area contributed by atoms with Gasteiger partial charge in [-0.25, -0.2) is 12.8 Å². The first-order valence-electron chi connectivity index (χ1n) is 5.10. The molecule has 0 heterocycles. The van der Waals surface area contributed by atoms with E-state index in [1.54, 1.807) is 0 Å². The van der Waals surface area contributed by atoms with Crippen molar-refractivity contribution in [2.24, 2.45) is 0 Å². The largest absolute Gasteiger partial charge is 0.224 e. The lowest BCUT2D eigenvalue weighted by Crippen LogP contribution is -2.06. The zero-order valence-electron chi connectivity index (χ0n) is 8.83. The molecule has 0 atom stereocenters. The Morgan fingerprint density at radius 2 is 1.69 bits per heavy atom.